The zero-order valence-corrected chi connectivity index (χ0v) is 5.51. The highest BCUT2D eigenvalue weighted by atomic mass is 19.3. The second-order valence-electron chi connectivity index (χ2n) is 1.82. The lowest BCUT2D eigenvalue weighted by Crippen LogP contribution is -2.11. The third-order valence-corrected chi connectivity index (χ3v) is 0.917. The molecule has 0 saturated heterocycles. The number of nitrogens with zero attached hydrogens (tertiary/aromatic N) is 2. The first-order valence-corrected chi connectivity index (χ1v) is 2.88. The number of anilines is 2. The molecule has 0 aliphatic heterocycles. The van der Waals surface area contributed by atoms with Gasteiger partial charge < -0.3 is 11.1 Å². The molecule has 1 heterocycles. The Morgan fingerprint density at radius 3 is 2.82 bits per heavy atom. The van der Waals surface area contributed by atoms with Gasteiger partial charge in [-0.25, -0.2) is 13.9 Å². The van der Waals surface area contributed by atoms with Crippen molar-refractivity contribution < 1.29 is 8.78 Å². The predicted octanol–water partition coefficient (Wildman–Crippen LogP) is 0.0639. The fourth-order valence-corrected chi connectivity index (χ4v) is 0.522. The molecule has 62 valence electrons. The average Bonchev–Trinajstić information content (AvgIpc) is 2.31. The van der Waals surface area contributed by atoms with Crippen molar-refractivity contribution in [2.24, 2.45) is 0 Å². The molecule has 11 heavy (non-hydrogen) atoms. The van der Waals surface area contributed by atoms with Gasteiger partial charge in [0.1, 0.15) is 0 Å². The highest BCUT2D eigenvalue weighted by Crippen LogP contribution is 1.99. The zero-order valence-electron chi connectivity index (χ0n) is 5.51. The summed E-state index contributed by atoms with van der Waals surface area (Å²) in [6.45, 7) is -0.475. The Morgan fingerprint density at radius 1 is 1.64 bits per heavy atom. The molecule has 0 aliphatic carbocycles. The summed E-state index contributed by atoms with van der Waals surface area (Å²) in [5, 5.41) is 8.07. The van der Waals surface area contributed by atoms with Crippen LogP contribution >= 0.6 is 0 Å². The van der Waals surface area contributed by atoms with E-state index in [4.69, 9.17) is 5.73 Å². The maximum Gasteiger partial charge on any atom is 0.255 e. The van der Waals surface area contributed by atoms with Gasteiger partial charge in [0.2, 0.25) is 11.9 Å². The number of nitrogens with one attached hydrogen (secondary N) is 2. The normalized spacial score (nSPS) is 10.5. The molecule has 0 radical (unpaired) electrons. The number of alkyl halides is 2. The van der Waals surface area contributed by atoms with Crippen molar-refractivity contribution in [3.63, 3.8) is 0 Å². The van der Waals surface area contributed by atoms with Crippen molar-refractivity contribution >= 4 is 11.9 Å². The van der Waals surface area contributed by atoms with Crippen molar-refractivity contribution in [2.75, 3.05) is 17.6 Å². The molecule has 0 atom stereocenters. The number of aromatic nitrogens is 3. The molecule has 1 rings (SSSR count). The van der Waals surface area contributed by atoms with Crippen LogP contribution in [0.3, 0.4) is 0 Å². The molecule has 0 amide bonds. The first-order valence-electron chi connectivity index (χ1n) is 2.88. The molecule has 1 aromatic heterocycles. The van der Waals surface area contributed by atoms with Crippen LogP contribution in [-0.2, 0) is 0 Å². The van der Waals surface area contributed by atoms with Crippen molar-refractivity contribution in [3.05, 3.63) is 0 Å². The molecule has 4 N–H and O–H groups in total. The Morgan fingerprint density at radius 2 is 2.36 bits per heavy atom. The first-order chi connectivity index (χ1) is 5.18. The number of H-pyrrole nitrogens is 1. The fraction of sp³-hybridized carbons (Fsp3) is 0.500. The van der Waals surface area contributed by atoms with Gasteiger partial charge in [0.25, 0.3) is 6.43 Å². The summed E-state index contributed by atoms with van der Waals surface area (Å²) < 4.78 is 23.1. The number of hydrogen-bond acceptors (Lipinski definition) is 4. The Hall–Kier alpha value is -1.40. The number of rotatable bonds is 3. The molecule has 0 fully saturated rings. The highest BCUT2D eigenvalue weighted by Gasteiger charge is 2.03. The third kappa shape index (κ3) is 2.36. The van der Waals surface area contributed by atoms with Gasteiger partial charge in [0.15, 0.2) is 0 Å². The SMILES string of the molecule is Nc1nc(NCC(F)F)n[nH]1. The molecule has 0 unspecified atom stereocenters. The lowest BCUT2D eigenvalue weighted by Gasteiger charge is -1.97. The second kappa shape index (κ2) is 3.13. The maximum absolute atomic E-state index is 11.6. The summed E-state index contributed by atoms with van der Waals surface area (Å²) in [4.78, 5) is 3.55. The van der Waals surface area contributed by atoms with Crippen LogP contribution in [-0.4, -0.2) is 28.2 Å². The molecule has 0 aromatic carbocycles. The van der Waals surface area contributed by atoms with Crippen molar-refractivity contribution in [2.45, 2.75) is 6.43 Å². The number of aromatic amines is 1. The Labute approximate surface area is 61.0 Å². The van der Waals surface area contributed by atoms with Gasteiger partial charge in [0.05, 0.1) is 6.54 Å². The second-order valence-corrected chi connectivity index (χ2v) is 1.82. The van der Waals surface area contributed by atoms with Gasteiger partial charge in [-0.05, 0) is 0 Å². The topological polar surface area (TPSA) is 79.6 Å². The van der Waals surface area contributed by atoms with Crippen molar-refractivity contribution in [3.8, 4) is 0 Å². The van der Waals surface area contributed by atoms with Crippen LogP contribution in [0, 0.1) is 0 Å². The predicted molar refractivity (Wildman–Crippen MR) is 35.3 cm³/mol. The van der Waals surface area contributed by atoms with E-state index in [1.807, 2.05) is 0 Å². The molecular formula is C4H7F2N5. The molecular weight excluding hydrogens is 156 g/mol. The van der Waals surface area contributed by atoms with Gasteiger partial charge in [0, 0.05) is 0 Å². The van der Waals surface area contributed by atoms with E-state index >= 15 is 0 Å². The summed E-state index contributed by atoms with van der Waals surface area (Å²) in [7, 11) is 0. The third-order valence-electron chi connectivity index (χ3n) is 0.917. The average molecular weight is 163 g/mol. The minimum atomic E-state index is -2.42. The number of halogens is 2. The van der Waals surface area contributed by atoms with Crippen LogP contribution in [0.4, 0.5) is 20.7 Å². The van der Waals surface area contributed by atoms with Crippen LogP contribution in [0.2, 0.25) is 0 Å². The van der Waals surface area contributed by atoms with E-state index in [9.17, 15) is 8.78 Å². The molecule has 0 bridgehead atoms. The summed E-state index contributed by atoms with van der Waals surface area (Å²) >= 11 is 0. The van der Waals surface area contributed by atoms with Crippen LogP contribution in [0.25, 0.3) is 0 Å². The minimum absolute atomic E-state index is 0.0859. The molecule has 0 aliphatic rings. The van der Waals surface area contributed by atoms with Crippen LogP contribution in [0.5, 0.6) is 0 Å². The number of nitrogen functional groups attached to an aromatic ring is 1. The van der Waals surface area contributed by atoms with Crippen LogP contribution in [0.15, 0.2) is 0 Å². The zero-order chi connectivity index (χ0) is 8.27. The van der Waals surface area contributed by atoms with E-state index in [-0.39, 0.29) is 11.9 Å². The summed E-state index contributed by atoms with van der Waals surface area (Å²) in [5.41, 5.74) is 5.13. The quantitative estimate of drug-likeness (QED) is 0.588. The summed E-state index contributed by atoms with van der Waals surface area (Å²) in [6, 6.07) is 0. The van der Waals surface area contributed by atoms with E-state index in [1.54, 1.807) is 0 Å². The van der Waals surface area contributed by atoms with E-state index in [0.717, 1.165) is 0 Å². The molecule has 1 aromatic rings. The van der Waals surface area contributed by atoms with E-state index in [2.05, 4.69) is 20.5 Å². The van der Waals surface area contributed by atoms with Crippen LogP contribution < -0.4 is 11.1 Å². The van der Waals surface area contributed by atoms with Gasteiger partial charge in [-0.15, -0.1) is 5.10 Å². The fourth-order valence-electron chi connectivity index (χ4n) is 0.522. The number of nitrogens with two attached hydrogens (primary N) is 1. The van der Waals surface area contributed by atoms with Gasteiger partial charge in [-0.1, -0.05) is 0 Å². The monoisotopic (exact) mass is 163 g/mol. The van der Waals surface area contributed by atoms with Crippen molar-refractivity contribution in [1.82, 2.24) is 15.2 Å². The maximum atomic E-state index is 11.6. The molecule has 0 saturated carbocycles. The van der Waals surface area contributed by atoms with E-state index < -0.39 is 13.0 Å². The van der Waals surface area contributed by atoms with E-state index in [1.165, 1.54) is 0 Å². The lowest BCUT2D eigenvalue weighted by atomic mass is 10.7. The summed E-state index contributed by atoms with van der Waals surface area (Å²) in [6.07, 6.45) is -2.42. The van der Waals surface area contributed by atoms with Gasteiger partial charge in [-0.2, -0.15) is 4.98 Å². The molecule has 5 nitrogen and oxygen atoms in total. The van der Waals surface area contributed by atoms with Crippen molar-refractivity contribution in [1.29, 1.82) is 0 Å². The lowest BCUT2D eigenvalue weighted by molar-refractivity contribution is 0.163. The van der Waals surface area contributed by atoms with Gasteiger partial charge in [-0.3, -0.25) is 0 Å². The highest BCUT2D eigenvalue weighted by molar-refractivity contribution is 5.29. The molecule has 7 heteroatoms. The Balaban J connectivity index is 2.39. The number of hydrogen-bond donors (Lipinski definition) is 3. The standard InChI is InChI=1S/C4H7F2N5/c5-2(6)1-8-4-9-3(7)10-11-4/h2H,1H2,(H4,7,8,9,10,11). The Kier molecular flexibility index (Phi) is 2.19. The smallest absolute Gasteiger partial charge is 0.255 e. The van der Waals surface area contributed by atoms with Crippen LogP contribution in [0.1, 0.15) is 0 Å². The largest absolute Gasteiger partial charge is 0.368 e. The first kappa shape index (κ1) is 7.70. The summed E-state index contributed by atoms with van der Waals surface area (Å²) in [5.74, 6) is 0.185. The Bertz CT molecular complexity index is 222. The molecule has 0 spiro atoms. The van der Waals surface area contributed by atoms with Gasteiger partial charge >= 0.3 is 0 Å². The minimum Gasteiger partial charge on any atom is -0.368 e. The van der Waals surface area contributed by atoms with E-state index in [0.29, 0.717) is 0 Å².